The molecule has 0 unspecified atom stereocenters. The van der Waals surface area contributed by atoms with Crippen molar-refractivity contribution in [3.8, 4) is 0 Å². The molecule has 2 aliphatic rings. The lowest BCUT2D eigenvalue weighted by Crippen LogP contribution is -2.54. The average molecular weight is 529 g/mol. The fourth-order valence-electron chi connectivity index (χ4n) is 4.07. The van der Waals surface area contributed by atoms with Crippen LogP contribution in [-0.4, -0.2) is 105 Å². The monoisotopic (exact) mass is 528 g/mol. The van der Waals surface area contributed by atoms with E-state index in [0.29, 0.717) is 6.54 Å². The Morgan fingerprint density at radius 3 is 2.57 bits per heavy atom. The van der Waals surface area contributed by atoms with Crippen LogP contribution in [0.15, 0.2) is 33.7 Å². The highest BCUT2D eigenvalue weighted by Crippen LogP contribution is 2.34. The molecule has 15 heteroatoms. The molecule has 15 nitrogen and oxygen atoms in total. The van der Waals surface area contributed by atoms with Gasteiger partial charge in [0.2, 0.25) is 12.2 Å². The number of hydrogen-bond acceptors (Lipinski definition) is 11. The first kappa shape index (κ1) is 28.5. The van der Waals surface area contributed by atoms with Crippen LogP contribution in [0, 0.1) is 0 Å². The van der Waals surface area contributed by atoms with Gasteiger partial charge in [-0.15, -0.1) is 0 Å². The van der Waals surface area contributed by atoms with Crippen LogP contribution in [0.25, 0.3) is 0 Å². The Bertz CT molecular complexity index is 1120. The van der Waals surface area contributed by atoms with Crippen molar-refractivity contribution in [1.29, 1.82) is 0 Å². The van der Waals surface area contributed by atoms with Crippen LogP contribution in [0.3, 0.4) is 0 Å². The summed E-state index contributed by atoms with van der Waals surface area (Å²) in [4.78, 5) is 52.1. The molecule has 1 fully saturated rings. The molecule has 1 saturated heterocycles. The van der Waals surface area contributed by atoms with Gasteiger partial charge in [0.1, 0.15) is 30.5 Å². The van der Waals surface area contributed by atoms with Gasteiger partial charge in [0, 0.05) is 33.0 Å². The van der Waals surface area contributed by atoms with Gasteiger partial charge in [-0.1, -0.05) is 13.3 Å². The number of aromatic nitrogens is 2. The van der Waals surface area contributed by atoms with Gasteiger partial charge in [-0.05, 0) is 12.5 Å². The topological polar surface area (TPSA) is 216 Å². The number of methoxy groups -OCH3 is 1. The van der Waals surface area contributed by atoms with E-state index < -0.39 is 72.2 Å². The van der Waals surface area contributed by atoms with Crippen LogP contribution in [-0.2, 0) is 28.5 Å². The third-order valence-electron chi connectivity index (χ3n) is 6.10. The smallest absolute Gasteiger partial charge is 0.330 e. The number of nitrogens with zero attached hydrogens (tertiary/aromatic N) is 2. The normalized spacial score (nSPS) is 30.3. The second-order valence-corrected chi connectivity index (χ2v) is 8.74. The number of ether oxygens (including phenoxy) is 4. The third-order valence-corrected chi connectivity index (χ3v) is 6.10. The maximum absolute atomic E-state index is 12.7. The zero-order chi connectivity index (χ0) is 27.4. The minimum Gasteiger partial charge on any atom is -0.456 e. The number of aliphatic hydroxyl groups is 3. The number of hydrogen-bond donors (Lipinski definition) is 5. The lowest BCUT2D eigenvalue weighted by molar-refractivity contribution is -0.241. The highest BCUT2D eigenvalue weighted by molar-refractivity contribution is 5.91. The molecule has 3 rings (SSSR count). The highest BCUT2D eigenvalue weighted by atomic mass is 16.7. The molecule has 37 heavy (non-hydrogen) atoms. The predicted molar refractivity (Wildman–Crippen MR) is 124 cm³/mol. The summed E-state index contributed by atoms with van der Waals surface area (Å²) in [7, 11) is 2.75. The molecular weight excluding hydrogens is 496 g/mol. The lowest BCUT2D eigenvalue weighted by Gasteiger charge is -2.35. The van der Waals surface area contributed by atoms with E-state index in [2.05, 4.69) is 0 Å². The molecule has 1 aromatic rings. The van der Waals surface area contributed by atoms with E-state index in [-0.39, 0.29) is 5.76 Å². The van der Waals surface area contributed by atoms with Crippen LogP contribution < -0.4 is 17.0 Å². The van der Waals surface area contributed by atoms with Crippen molar-refractivity contribution in [1.82, 2.24) is 14.5 Å². The zero-order valence-corrected chi connectivity index (χ0v) is 20.6. The molecule has 206 valence electrons. The number of carbonyl (C=O) groups is 2. The number of aliphatic hydroxyl groups excluding tert-OH is 3. The summed E-state index contributed by atoms with van der Waals surface area (Å²) < 4.78 is 23.0. The van der Waals surface area contributed by atoms with E-state index in [1.165, 1.54) is 19.1 Å². The quantitative estimate of drug-likeness (QED) is 0.205. The van der Waals surface area contributed by atoms with Crippen molar-refractivity contribution in [2.45, 2.75) is 68.9 Å². The predicted octanol–water partition coefficient (Wildman–Crippen LogP) is -3.10. The third kappa shape index (κ3) is 6.08. The summed E-state index contributed by atoms with van der Waals surface area (Å²) in [6.07, 6.45) is -8.69. The number of nitrogens with one attached hydrogen (secondary N) is 1. The number of unbranched alkanes of at least 4 members (excludes halogenated alkanes) is 1. The number of rotatable bonds is 10. The van der Waals surface area contributed by atoms with Crippen molar-refractivity contribution in [3.63, 3.8) is 0 Å². The maximum atomic E-state index is 12.7. The largest absolute Gasteiger partial charge is 0.456 e. The minimum absolute atomic E-state index is 0.307. The summed E-state index contributed by atoms with van der Waals surface area (Å²) >= 11 is 0. The van der Waals surface area contributed by atoms with Gasteiger partial charge >= 0.3 is 5.69 Å². The Labute approximate surface area is 211 Å². The van der Waals surface area contributed by atoms with Gasteiger partial charge in [-0.2, -0.15) is 0 Å². The molecule has 8 atom stereocenters. The number of carbonyl (C=O) groups excluding carboxylic acids is 2. The Hall–Kier alpha value is -3.08. The second-order valence-electron chi connectivity index (χ2n) is 8.74. The molecule has 2 amide bonds. The summed E-state index contributed by atoms with van der Waals surface area (Å²) in [6.45, 7) is 2.37. The van der Waals surface area contributed by atoms with Crippen molar-refractivity contribution < 1.29 is 43.9 Å². The number of primary amides is 1. The molecule has 0 bridgehead atoms. The Morgan fingerprint density at radius 2 is 1.97 bits per heavy atom. The molecule has 0 saturated carbocycles. The molecule has 2 aliphatic heterocycles. The Balaban J connectivity index is 1.84. The maximum Gasteiger partial charge on any atom is 0.330 e. The molecule has 0 aromatic carbocycles. The molecule has 3 heterocycles. The van der Waals surface area contributed by atoms with Gasteiger partial charge < -0.3 is 44.9 Å². The summed E-state index contributed by atoms with van der Waals surface area (Å²) in [5, 5.41) is 31.5. The summed E-state index contributed by atoms with van der Waals surface area (Å²) in [6, 6.07) is 1.03. The fraction of sp³-hybridized carbons (Fsp3) is 0.636. The molecule has 0 aliphatic carbocycles. The lowest BCUT2D eigenvalue weighted by atomic mass is 10.0. The van der Waals surface area contributed by atoms with Gasteiger partial charge in [-0.25, -0.2) is 4.79 Å². The first-order valence-electron chi connectivity index (χ1n) is 11.6. The van der Waals surface area contributed by atoms with Crippen LogP contribution >= 0.6 is 0 Å². The first-order valence-corrected chi connectivity index (χ1v) is 11.6. The first-order chi connectivity index (χ1) is 17.5. The number of nitrogens with two attached hydrogens (primary N) is 1. The van der Waals surface area contributed by atoms with E-state index in [4.69, 9.17) is 24.7 Å². The SMILES string of the molecule is CCCCN(C)C(=O)C1=C[C@H](O)[C@H](O)[C@@H](O[C@@H](C(N)=O)[C@H]2O[C@@H](n3ccc(=O)[nH]c3=O)[C@H](O)[C@@H]2OC)O1. The molecule has 0 radical (unpaired) electrons. The van der Waals surface area contributed by atoms with Crippen molar-refractivity contribution in [3.05, 3.63) is 44.9 Å². The Morgan fingerprint density at radius 1 is 1.27 bits per heavy atom. The summed E-state index contributed by atoms with van der Waals surface area (Å²) in [5.41, 5.74) is 3.96. The number of likely N-dealkylation sites (N-methyl/N-ethyl adjacent to an activating group) is 1. The fourth-order valence-corrected chi connectivity index (χ4v) is 4.07. The van der Waals surface area contributed by atoms with Crippen LogP contribution in [0.4, 0.5) is 0 Å². The van der Waals surface area contributed by atoms with Crippen LogP contribution in [0.5, 0.6) is 0 Å². The van der Waals surface area contributed by atoms with Crippen molar-refractivity contribution >= 4 is 11.8 Å². The van der Waals surface area contributed by atoms with Gasteiger partial charge in [0.25, 0.3) is 11.5 Å². The van der Waals surface area contributed by atoms with E-state index in [1.807, 2.05) is 11.9 Å². The van der Waals surface area contributed by atoms with Gasteiger partial charge in [-0.3, -0.25) is 23.9 Å². The molecule has 1 aromatic heterocycles. The number of aromatic amines is 1. The van der Waals surface area contributed by atoms with Gasteiger partial charge in [0.15, 0.2) is 18.1 Å². The molecule has 0 spiro atoms. The van der Waals surface area contributed by atoms with E-state index >= 15 is 0 Å². The van der Waals surface area contributed by atoms with E-state index in [9.17, 15) is 34.5 Å². The standard InChI is InChI=1S/C22H32N4O11/c1-4-5-7-25(2)19(32)11-9-10(27)13(29)21(35-11)37-17(18(23)31)16-15(34-3)14(30)20(36-16)26-8-6-12(28)24-22(26)33/h6,8-10,13-17,20-21,27,29-30H,4-5,7H2,1-3H3,(H2,23,31)(H,24,28,33)/t10-,13-,14+,15-,16-,17+,20+,21+/m0/s1. The Kier molecular flexibility index (Phi) is 9.22. The molecule has 6 N–H and O–H groups in total. The summed E-state index contributed by atoms with van der Waals surface area (Å²) in [5.74, 6) is -2.00. The van der Waals surface area contributed by atoms with Crippen molar-refractivity contribution in [2.75, 3.05) is 20.7 Å². The van der Waals surface area contributed by atoms with E-state index in [1.54, 1.807) is 0 Å². The average Bonchev–Trinajstić information content (AvgIpc) is 3.17. The molecular formula is C22H32N4O11. The number of H-pyrrole nitrogens is 1. The van der Waals surface area contributed by atoms with Crippen LogP contribution in [0.2, 0.25) is 0 Å². The zero-order valence-electron chi connectivity index (χ0n) is 20.6. The second kappa shape index (κ2) is 12.0. The van der Waals surface area contributed by atoms with Crippen molar-refractivity contribution in [2.24, 2.45) is 5.73 Å². The van der Waals surface area contributed by atoms with Crippen LogP contribution in [0.1, 0.15) is 26.0 Å². The number of amides is 2. The van der Waals surface area contributed by atoms with E-state index in [0.717, 1.165) is 35.7 Å². The highest BCUT2D eigenvalue weighted by Gasteiger charge is 2.52. The minimum atomic E-state index is -1.73. The van der Waals surface area contributed by atoms with Gasteiger partial charge in [0.05, 0.1) is 0 Å².